The maximum absolute atomic E-state index is 11.8. The fourth-order valence-electron chi connectivity index (χ4n) is 1.03. The average molecular weight is 269 g/mol. The summed E-state index contributed by atoms with van der Waals surface area (Å²) in [6.07, 6.45) is -4.38. The molecule has 0 unspecified atom stereocenters. The van der Waals surface area contributed by atoms with E-state index in [0.29, 0.717) is 0 Å². The number of anilines is 1. The highest BCUT2D eigenvalue weighted by atomic mass is 32.2. The molecule has 0 saturated carbocycles. The molecule has 0 aromatic carbocycles. The minimum Gasteiger partial charge on any atom is -0.383 e. The van der Waals surface area contributed by atoms with Crippen molar-refractivity contribution in [1.82, 2.24) is 9.71 Å². The van der Waals surface area contributed by atoms with Gasteiger partial charge >= 0.3 is 6.18 Å². The zero-order valence-electron chi connectivity index (χ0n) is 8.53. The maximum Gasteiger partial charge on any atom is 0.390 e. The fraction of sp³-hybridized carbons (Fsp3) is 0.375. The van der Waals surface area contributed by atoms with Crippen molar-refractivity contribution in [3.05, 3.63) is 18.3 Å². The molecule has 0 aliphatic rings. The number of hydrogen-bond donors (Lipinski definition) is 2. The predicted octanol–water partition coefficient (Wildman–Crippen LogP) is 0.894. The highest BCUT2D eigenvalue weighted by Gasteiger charge is 2.28. The van der Waals surface area contributed by atoms with E-state index < -0.39 is 29.2 Å². The second-order valence-electron chi connectivity index (χ2n) is 3.15. The van der Waals surface area contributed by atoms with Gasteiger partial charge in [-0.1, -0.05) is 0 Å². The molecule has 0 aliphatic heterocycles. The van der Waals surface area contributed by atoms with Crippen molar-refractivity contribution in [2.45, 2.75) is 17.5 Å². The van der Waals surface area contributed by atoms with Crippen LogP contribution in [-0.4, -0.2) is 26.1 Å². The lowest BCUT2D eigenvalue weighted by Crippen LogP contribution is -2.28. The molecule has 96 valence electrons. The van der Waals surface area contributed by atoms with Gasteiger partial charge in [0, 0.05) is 12.7 Å². The summed E-state index contributed by atoms with van der Waals surface area (Å²) in [5, 5.41) is 0. The molecular formula is C8H10F3N3O2S. The molecule has 0 amide bonds. The lowest BCUT2D eigenvalue weighted by Gasteiger charge is -2.09. The van der Waals surface area contributed by atoms with E-state index in [1.807, 2.05) is 0 Å². The second kappa shape index (κ2) is 4.88. The van der Waals surface area contributed by atoms with Crippen LogP contribution in [0.2, 0.25) is 0 Å². The highest BCUT2D eigenvalue weighted by molar-refractivity contribution is 7.89. The van der Waals surface area contributed by atoms with E-state index in [1.54, 1.807) is 4.72 Å². The Morgan fingerprint density at radius 1 is 1.41 bits per heavy atom. The number of nitrogens with two attached hydrogens (primary N) is 1. The van der Waals surface area contributed by atoms with E-state index in [1.165, 1.54) is 12.3 Å². The number of halogens is 3. The summed E-state index contributed by atoms with van der Waals surface area (Å²) in [5.74, 6) is -0.257. The monoisotopic (exact) mass is 269 g/mol. The van der Waals surface area contributed by atoms with Crippen LogP contribution < -0.4 is 10.5 Å². The standard InChI is InChI=1S/C8H10F3N3O2S/c9-8(10,11)3-5-14-17(15,16)6-2-1-4-13-7(6)12/h1-2,4,14H,3,5H2,(H2,12,13). The summed E-state index contributed by atoms with van der Waals surface area (Å²) in [5.41, 5.74) is 5.31. The number of nitrogens with zero attached hydrogens (tertiary/aromatic N) is 1. The van der Waals surface area contributed by atoms with Gasteiger partial charge in [-0.05, 0) is 12.1 Å². The number of nitrogens with one attached hydrogen (secondary N) is 1. The zero-order chi connectivity index (χ0) is 13.1. The first kappa shape index (κ1) is 13.7. The van der Waals surface area contributed by atoms with E-state index in [9.17, 15) is 21.6 Å². The number of pyridine rings is 1. The molecule has 0 fully saturated rings. The molecular weight excluding hydrogens is 259 g/mol. The first-order chi connectivity index (χ1) is 7.72. The Hall–Kier alpha value is -1.35. The van der Waals surface area contributed by atoms with Crippen molar-refractivity contribution in [1.29, 1.82) is 0 Å². The smallest absolute Gasteiger partial charge is 0.383 e. The number of alkyl halides is 3. The second-order valence-corrected chi connectivity index (χ2v) is 4.89. The van der Waals surface area contributed by atoms with Crippen LogP contribution in [0.1, 0.15) is 6.42 Å². The molecule has 3 N–H and O–H groups in total. The lowest BCUT2D eigenvalue weighted by atomic mass is 10.4. The molecule has 1 rings (SSSR count). The molecule has 9 heteroatoms. The molecule has 0 aliphatic carbocycles. The Balaban J connectivity index is 2.74. The van der Waals surface area contributed by atoms with Crippen molar-refractivity contribution >= 4 is 15.8 Å². The summed E-state index contributed by atoms with van der Waals surface area (Å²) in [4.78, 5) is 3.21. The van der Waals surface area contributed by atoms with E-state index in [4.69, 9.17) is 5.73 Å². The van der Waals surface area contributed by atoms with Gasteiger partial charge in [-0.2, -0.15) is 13.2 Å². The van der Waals surface area contributed by atoms with Crippen LogP contribution in [0.25, 0.3) is 0 Å². The third-order valence-electron chi connectivity index (χ3n) is 1.79. The van der Waals surface area contributed by atoms with E-state index in [-0.39, 0.29) is 10.7 Å². The van der Waals surface area contributed by atoms with Crippen molar-refractivity contribution < 1.29 is 21.6 Å². The van der Waals surface area contributed by atoms with Crippen molar-refractivity contribution in [3.63, 3.8) is 0 Å². The Morgan fingerprint density at radius 3 is 2.59 bits per heavy atom. The fourth-order valence-corrected chi connectivity index (χ4v) is 2.15. The highest BCUT2D eigenvalue weighted by Crippen LogP contribution is 2.19. The number of aromatic nitrogens is 1. The lowest BCUT2D eigenvalue weighted by molar-refractivity contribution is -0.132. The van der Waals surface area contributed by atoms with E-state index in [2.05, 4.69) is 4.98 Å². The number of hydrogen-bond acceptors (Lipinski definition) is 4. The molecule has 5 nitrogen and oxygen atoms in total. The number of rotatable bonds is 4. The molecule has 0 spiro atoms. The molecule has 1 aromatic heterocycles. The number of nitrogen functional groups attached to an aromatic ring is 1. The van der Waals surface area contributed by atoms with Crippen molar-refractivity contribution in [2.75, 3.05) is 12.3 Å². The molecule has 0 atom stereocenters. The van der Waals surface area contributed by atoms with Gasteiger partial charge in [0.15, 0.2) is 0 Å². The first-order valence-corrected chi connectivity index (χ1v) is 5.97. The van der Waals surface area contributed by atoms with Gasteiger partial charge in [-0.25, -0.2) is 18.1 Å². The topological polar surface area (TPSA) is 85.1 Å². The van der Waals surface area contributed by atoms with Crippen LogP contribution in [0.4, 0.5) is 19.0 Å². The van der Waals surface area contributed by atoms with Crippen molar-refractivity contribution in [3.8, 4) is 0 Å². The Kier molecular flexibility index (Phi) is 3.94. The maximum atomic E-state index is 11.8. The third kappa shape index (κ3) is 4.19. The predicted molar refractivity (Wildman–Crippen MR) is 54.5 cm³/mol. The summed E-state index contributed by atoms with van der Waals surface area (Å²) in [6, 6.07) is 2.49. The van der Waals surface area contributed by atoms with Gasteiger partial charge in [0.25, 0.3) is 0 Å². The Labute approximate surface area is 95.9 Å². The largest absolute Gasteiger partial charge is 0.390 e. The Morgan fingerprint density at radius 2 is 2.06 bits per heavy atom. The molecule has 0 radical (unpaired) electrons. The van der Waals surface area contributed by atoms with Gasteiger partial charge in [0.2, 0.25) is 10.0 Å². The van der Waals surface area contributed by atoms with Gasteiger partial charge in [-0.15, -0.1) is 0 Å². The average Bonchev–Trinajstić information content (AvgIpc) is 2.15. The van der Waals surface area contributed by atoms with Crippen LogP contribution in [-0.2, 0) is 10.0 Å². The number of sulfonamides is 1. The van der Waals surface area contributed by atoms with E-state index in [0.717, 1.165) is 6.07 Å². The first-order valence-electron chi connectivity index (χ1n) is 4.49. The van der Waals surface area contributed by atoms with Crippen LogP contribution in [0, 0.1) is 0 Å². The van der Waals surface area contributed by atoms with E-state index >= 15 is 0 Å². The zero-order valence-corrected chi connectivity index (χ0v) is 9.35. The summed E-state index contributed by atoms with van der Waals surface area (Å²) >= 11 is 0. The van der Waals surface area contributed by atoms with Gasteiger partial charge in [0.1, 0.15) is 10.7 Å². The van der Waals surface area contributed by atoms with Gasteiger partial charge < -0.3 is 5.73 Å². The van der Waals surface area contributed by atoms with Crippen molar-refractivity contribution in [2.24, 2.45) is 0 Å². The van der Waals surface area contributed by atoms with Gasteiger partial charge in [-0.3, -0.25) is 0 Å². The molecule has 0 bridgehead atoms. The van der Waals surface area contributed by atoms with Gasteiger partial charge in [0.05, 0.1) is 6.42 Å². The third-order valence-corrected chi connectivity index (χ3v) is 3.30. The normalized spacial score (nSPS) is 12.6. The molecule has 17 heavy (non-hydrogen) atoms. The van der Waals surface area contributed by atoms with Crippen LogP contribution in [0.3, 0.4) is 0 Å². The summed E-state index contributed by atoms with van der Waals surface area (Å²) in [7, 11) is -4.05. The van der Waals surface area contributed by atoms with Crippen LogP contribution in [0.5, 0.6) is 0 Å². The quantitative estimate of drug-likeness (QED) is 0.850. The summed E-state index contributed by atoms with van der Waals surface area (Å²) in [6.45, 7) is -0.736. The minimum atomic E-state index is -4.41. The molecule has 1 aromatic rings. The summed E-state index contributed by atoms with van der Waals surface area (Å²) < 4.78 is 60.4. The van der Waals surface area contributed by atoms with Crippen LogP contribution in [0.15, 0.2) is 23.2 Å². The van der Waals surface area contributed by atoms with Crippen LogP contribution >= 0.6 is 0 Å². The Bertz CT molecular complexity index is 487. The molecule has 0 saturated heterocycles. The molecule has 1 heterocycles. The SMILES string of the molecule is Nc1ncccc1S(=O)(=O)NCCC(F)(F)F. The minimum absolute atomic E-state index is 0.257.